The van der Waals surface area contributed by atoms with Gasteiger partial charge in [-0.3, -0.25) is 4.90 Å². The molecule has 1 aromatic rings. The molecule has 0 radical (unpaired) electrons. The minimum atomic E-state index is -0.252. The van der Waals surface area contributed by atoms with E-state index >= 15 is 0 Å². The number of ether oxygens (including phenoxy) is 2. The zero-order valence-electron chi connectivity index (χ0n) is 14.0. The van der Waals surface area contributed by atoms with Crippen molar-refractivity contribution < 1.29 is 9.47 Å². The van der Waals surface area contributed by atoms with E-state index in [9.17, 15) is 0 Å². The lowest BCUT2D eigenvalue weighted by molar-refractivity contribution is -0.0287. The summed E-state index contributed by atoms with van der Waals surface area (Å²) in [4.78, 5) is 2.45. The Balaban J connectivity index is 1.85. The van der Waals surface area contributed by atoms with E-state index < -0.39 is 0 Å². The fraction of sp³-hybridized carbons (Fsp3) is 0.667. The molecule has 122 valence electrons. The van der Waals surface area contributed by atoms with Crippen molar-refractivity contribution in [2.75, 3.05) is 32.8 Å². The molecule has 3 rings (SSSR count). The average Bonchev–Trinajstić information content (AvgIpc) is 2.52. The van der Waals surface area contributed by atoms with E-state index in [1.54, 1.807) is 0 Å². The summed E-state index contributed by atoms with van der Waals surface area (Å²) in [5.74, 6) is 1.23. The van der Waals surface area contributed by atoms with Crippen LogP contribution in [-0.4, -0.2) is 43.3 Å². The summed E-state index contributed by atoms with van der Waals surface area (Å²) >= 11 is 0. The van der Waals surface area contributed by atoms with E-state index in [0.29, 0.717) is 0 Å². The first-order valence-corrected chi connectivity index (χ1v) is 8.39. The number of morpholine rings is 1. The second kappa shape index (κ2) is 6.19. The Labute approximate surface area is 133 Å². The predicted molar refractivity (Wildman–Crippen MR) is 88.2 cm³/mol. The van der Waals surface area contributed by atoms with Crippen LogP contribution in [0.15, 0.2) is 18.2 Å². The molecule has 2 atom stereocenters. The number of benzene rings is 1. The normalized spacial score (nSPS) is 28.0. The Morgan fingerprint density at radius 2 is 2.00 bits per heavy atom. The van der Waals surface area contributed by atoms with Gasteiger partial charge in [0.2, 0.25) is 0 Å². The van der Waals surface area contributed by atoms with Crippen LogP contribution in [0.2, 0.25) is 0 Å². The van der Waals surface area contributed by atoms with Gasteiger partial charge >= 0.3 is 0 Å². The third kappa shape index (κ3) is 3.00. The summed E-state index contributed by atoms with van der Waals surface area (Å²) in [6.07, 6.45) is 1.03. The molecule has 2 aliphatic heterocycles. The predicted octanol–water partition coefficient (Wildman–Crippen LogP) is 2.37. The Morgan fingerprint density at radius 3 is 2.68 bits per heavy atom. The van der Waals surface area contributed by atoms with Crippen LogP contribution in [0.5, 0.6) is 5.75 Å². The molecule has 0 aromatic heterocycles. The van der Waals surface area contributed by atoms with Crippen LogP contribution in [-0.2, 0) is 11.2 Å². The lowest BCUT2D eigenvalue weighted by atomic mass is 9.78. The van der Waals surface area contributed by atoms with E-state index in [4.69, 9.17) is 15.2 Å². The molecule has 1 fully saturated rings. The van der Waals surface area contributed by atoms with Gasteiger partial charge in [0.15, 0.2) is 0 Å². The SMILES string of the molecule is CCc1ccc2c(c1)C(N)C(CN1CCOCC1)C(C)(C)O2. The smallest absolute Gasteiger partial charge is 0.124 e. The maximum absolute atomic E-state index is 6.67. The van der Waals surface area contributed by atoms with Crippen molar-refractivity contribution in [1.82, 2.24) is 4.90 Å². The van der Waals surface area contributed by atoms with Crippen LogP contribution < -0.4 is 10.5 Å². The van der Waals surface area contributed by atoms with Crippen molar-refractivity contribution in [2.45, 2.75) is 38.8 Å². The van der Waals surface area contributed by atoms with Crippen LogP contribution in [0.25, 0.3) is 0 Å². The summed E-state index contributed by atoms with van der Waals surface area (Å²) < 4.78 is 11.8. The fourth-order valence-electron chi connectivity index (χ4n) is 3.57. The second-order valence-electron chi connectivity index (χ2n) is 6.98. The molecule has 4 heteroatoms. The van der Waals surface area contributed by atoms with Crippen LogP contribution in [0.3, 0.4) is 0 Å². The number of hydrogen-bond acceptors (Lipinski definition) is 4. The topological polar surface area (TPSA) is 47.7 Å². The first-order valence-electron chi connectivity index (χ1n) is 8.39. The van der Waals surface area contributed by atoms with Crippen molar-refractivity contribution in [3.05, 3.63) is 29.3 Å². The molecule has 1 saturated heterocycles. The lowest BCUT2D eigenvalue weighted by Gasteiger charge is -2.46. The molecule has 4 nitrogen and oxygen atoms in total. The molecule has 0 amide bonds. The van der Waals surface area contributed by atoms with Crippen LogP contribution in [0, 0.1) is 5.92 Å². The van der Waals surface area contributed by atoms with Crippen molar-refractivity contribution in [3.63, 3.8) is 0 Å². The van der Waals surface area contributed by atoms with Gasteiger partial charge in [-0.15, -0.1) is 0 Å². The highest BCUT2D eigenvalue weighted by molar-refractivity contribution is 5.42. The zero-order chi connectivity index (χ0) is 15.7. The van der Waals surface area contributed by atoms with E-state index in [-0.39, 0.29) is 17.6 Å². The van der Waals surface area contributed by atoms with Crippen molar-refractivity contribution in [1.29, 1.82) is 0 Å². The summed E-state index contributed by atoms with van der Waals surface area (Å²) in [7, 11) is 0. The first kappa shape index (κ1) is 15.8. The van der Waals surface area contributed by atoms with Crippen LogP contribution in [0.4, 0.5) is 0 Å². The van der Waals surface area contributed by atoms with Gasteiger partial charge in [-0.25, -0.2) is 0 Å². The molecule has 0 spiro atoms. The second-order valence-corrected chi connectivity index (χ2v) is 6.98. The van der Waals surface area contributed by atoms with Crippen molar-refractivity contribution >= 4 is 0 Å². The highest BCUT2D eigenvalue weighted by Gasteiger charge is 2.43. The molecule has 2 aliphatic rings. The Kier molecular flexibility index (Phi) is 4.44. The minimum absolute atomic E-state index is 0.0214. The molecule has 22 heavy (non-hydrogen) atoms. The van der Waals surface area contributed by atoms with Gasteiger partial charge in [-0.1, -0.05) is 19.1 Å². The summed E-state index contributed by atoms with van der Waals surface area (Å²) in [5, 5.41) is 0. The van der Waals surface area contributed by atoms with Gasteiger partial charge in [0, 0.05) is 37.2 Å². The molecule has 2 heterocycles. The van der Waals surface area contributed by atoms with Gasteiger partial charge in [0.1, 0.15) is 11.4 Å². The Morgan fingerprint density at radius 1 is 1.27 bits per heavy atom. The van der Waals surface area contributed by atoms with Crippen LogP contribution in [0.1, 0.15) is 37.9 Å². The zero-order valence-corrected chi connectivity index (χ0v) is 14.0. The Hall–Kier alpha value is -1.10. The number of hydrogen-bond donors (Lipinski definition) is 1. The average molecular weight is 304 g/mol. The monoisotopic (exact) mass is 304 g/mol. The molecule has 2 unspecified atom stereocenters. The van der Waals surface area contributed by atoms with Crippen LogP contribution >= 0.6 is 0 Å². The summed E-state index contributed by atoms with van der Waals surface area (Å²) in [5.41, 5.74) is 8.90. The molecule has 2 N–H and O–H groups in total. The minimum Gasteiger partial charge on any atom is -0.487 e. The van der Waals surface area contributed by atoms with E-state index in [1.807, 2.05) is 0 Å². The van der Waals surface area contributed by atoms with E-state index in [1.165, 1.54) is 5.56 Å². The summed E-state index contributed by atoms with van der Waals surface area (Å²) in [6, 6.07) is 6.47. The standard InChI is InChI=1S/C18H28N2O2/c1-4-13-5-6-16-14(11-13)17(19)15(18(2,3)22-16)12-20-7-9-21-10-8-20/h5-6,11,15,17H,4,7-10,12,19H2,1-3H3. The number of nitrogens with zero attached hydrogens (tertiary/aromatic N) is 1. The molecule has 0 saturated carbocycles. The third-order valence-electron chi connectivity index (χ3n) is 5.10. The summed E-state index contributed by atoms with van der Waals surface area (Å²) in [6.45, 7) is 11.1. The third-order valence-corrected chi connectivity index (χ3v) is 5.10. The van der Waals surface area contributed by atoms with E-state index in [2.05, 4.69) is 43.9 Å². The number of fused-ring (bicyclic) bond motifs is 1. The van der Waals surface area contributed by atoms with Crippen molar-refractivity contribution in [2.24, 2.45) is 11.7 Å². The molecule has 1 aromatic carbocycles. The molecule has 0 aliphatic carbocycles. The number of nitrogens with two attached hydrogens (primary N) is 1. The van der Waals surface area contributed by atoms with E-state index in [0.717, 1.165) is 50.6 Å². The Bertz CT molecular complexity index is 524. The maximum atomic E-state index is 6.67. The maximum Gasteiger partial charge on any atom is 0.124 e. The highest BCUT2D eigenvalue weighted by atomic mass is 16.5. The molecular formula is C18H28N2O2. The van der Waals surface area contributed by atoms with Gasteiger partial charge in [0.05, 0.1) is 13.2 Å². The molecular weight excluding hydrogens is 276 g/mol. The number of rotatable bonds is 3. The van der Waals surface area contributed by atoms with Gasteiger partial charge < -0.3 is 15.2 Å². The van der Waals surface area contributed by atoms with Gasteiger partial charge in [0.25, 0.3) is 0 Å². The largest absolute Gasteiger partial charge is 0.487 e. The highest BCUT2D eigenvalue weighted by Crippen LogP contribution is 2.43. The van der Waals surface area contributed by atoms with Crippen molar-refractivity contribution in [3.8, 4) is 5.75 Å². The quantitative estimate of drug-likeness (QED) is 0.931. The van der Waals surface area contributed by atoms with Gasteiger partial charge in [-0.05, 0) is 31.9 Å². The number of aryl methyl sites for hydroxylation is 1. The first-order chi connectivity index (χ1) is 10.5. The molecule has 0 bridgehead atoms. The van der Waals surface area contributed by atoms with Gasteiger partial charge in [-0.2, -0.15) is 0 Å². The lowest BCUT2D eigenvalue weighted by Crippen LogP contribution is -2.53. The fourth-order valence-corrected chi connectivity index (χ4v) is 3.57.